The van der Waals surface area contributed by atoms with Crippen LogP contribution in [0.5, 0.6) is 0 Å². The van der Waals surface area contributed by atoms with E-state index in [0.29, 0.717) is 6.54 Å². The Morgan fingerprint density at radius 2 is 2.22 bits per heavy atom. The second kappa shape index (κ2) is 6.12. The summed E-state index contributed by atoms with van der Waals surface area (Å²) in [5.74, 6) is 0.850. The molecule has 3 heterocycles. The van der Waals surface area contributed by atoms with Gasteiger partial charge in [-0.3, -0.25) is 19.4 Å². The van der Waals surface area contributed by atoms with Crippen LogP contribution < -0.4 is 5.32 Å². The predicted octanol–water partition coefficient (Wildman–Crippen LogP) is 1.36. The third-order valence-corrected chi connectivity index (χ3v) is 4.57. The summed E-state index contributed by atoms with van der Waals surface area (Å²) in [6.45, 7) is 3.23. The first-order chi connectivity index (χ1) is 11.3. The Kier molecular flexibility index (Phi) is 3.83. The van der Waals surface area contributed by atoms with E-state index in [9.17, 15) is 4.79 Å². The zero-order chi connectivity index (χ0) is 15.6. The van der Waals surface area contributed by atoms with Crippen LogP contribution in [0.2, 0.25) is 0 Å². The third kappa shape index (κ3) is 3.27. The van der Waals surface area contributed by atoms with Crippen molar-refractivity contribution < 1.29 is 4.79 Å². The molecule has 0 radical (unpaired) electrons. The van der Waals surface area contributed by atoms with Crippen LogP contribution in [0.1, 0.15) is 30.1 Å². The number of rotatable bonds is 5. The summed E-state index contributed by atoms with van der Waals surface area (Å²) < 4.78 is 1.88. The van der Waals surface area contributed by atoms with Crippen LogP contribution in [-0.2, 0) is 17.9 Å². The van der Waals surface area contributed by atoms with Crippen molar-refractivity contribution in [2.75, 3.05) is 13.1 Å². The lowest BCUT2D eigenvalue weighted by Crippen LogP contribution is -2.45. The minimum atomic E-state index is -0.246. The Labute approximate surface area is 135 Å². The van der Waals surface area contributed by atoms with Crippen LogP contribution in [0, 0.1) is 5.92 Å². The minimum absolute atomic E-state index is 0.0271. The lowest BCUT2D eigenvalue weighted by Gasteiger charge is -2.33. The number of carbonyl (C=O) groups excluding carboxylic acids is 1. The van der Waals surface area contributed by atoms with E-state index in [2.05, 4.69) is 20.3 Å². The average Bonchev–Trinajstić information content (AvgIpc) is 3.26. The summed E-state index contributed by atoms with van der Waals surface area (Å²) in [6, 6.07) is 5.61. The van der Waals surface area contributed by atoms with Crippen LogP contribution in [0.25, 0.3) is 0 Å². The number of amides is 1. The topological polar surface area (TPSA) is 63.1 Å². The van der Waals surface area contributed by atoms with Gasteiger partial charge in [0.05, 0.1) is 5.69 Å². The highest BCUT2D eigenvalue weighted by Crippen LogP contribution is 2.32. The van der Waals surface area contributed by atoms with Crippen molar-refractivity contribution in [1.29, 1.82) is 0 Å². The SMILES string of the molecule is O=C(NCc1cccnc1)[C@@H]1CN(CC2CC2)Cc2ccnn21. The van der Waals surface area contributed by atoms with Crippen LogP contribution in [0.4, 0.5) is 0 Å². The largest absolute Gasteiger partial charge is 0.350 e. The van der Waals surface area contributed by atoms with Crippen LogP contribution in [-0.4, -0.2) is 38.7 Å². The Bertz CT molecular complexity index is 679. The summed E-state index contributed by atoms with van der Waals surface area (Å²) in [7, 11) is 0. The number of hydrogen-bond donors (Lipinski definition) is 1. The zero-order valence-corrected chi connectivity index (χ0v) is 13.1. The number of hydrogen-bond acceptors (Lipinski definition) is 4. The molecule has 0 aromatic carbocycles. The normalized spacial score (nSPS) is 21.0. The average molecular weight is 311 g/mol. The zero-order valence-electron chi connectivity index (χ0n) is 13.1. The molecule has 1 N–H and O–H groups in total. The molecule has 1 fully saturated rings. The van der Waals surface area contributed by atoms with Crippen molar-refractivity contribution >= 4 is 5.91 Å². The summed E-state index contributed by atoms with van der Waals surface area (Å²) in [5.41, 5.74) is 2.13. The van der Waals surface area contributed by atoms with Crippen molar-refractivity contribution in [2.45, 2.75) is 32.0 Å². The first-order valence-electron chi connectivity index (χ1n) is 8.21. The number of nitrogens with zero attached hydrogens (tertiary/aromatic N) is 4. The highest BCUT2D eigenvalue weighted by molar-refractivity contribution is 5.80. The van der Waals surface area contributed by atoms with Gasteiger partial charge in [0, 0.05) is 44.8 Å². The Morgan fingerprint density at radius 3 is 3.00 bits per heavy atom. The smallest absolute Gasteiger partial charge is 0.246 e. The summed E-state index contributed by atoms with van der Waals surface area (Å²) in [4.78, 5) is 19.1. The number of nitrogens with one attached hydrogen (secondary N) is 1. The van der Waals surface area contributed by atoms with Gasteiger partial charge in [-0.05, 0) is 36.5 Å². The Morgan fingerprint density at radius 1 is 1.30 bits per heavy atom. The van der Waals surface area contributed by atoms with Crippen LogP contribution in [0.3, 0.4) is 0 Å². The molecule has 120 valence electrons. The van der Waals surface area contributed by atoms with E-state index < -0.39 is 0 Å². The van der Waals surface area contributed by atoms with Crippen molar-refractivity contribution in [3.05, 3.63) is 48.0 Å². The maximum atomic E-state index is 12.7. The molecule has 23 heavy (non-hydrogen) atoms. The molecule has 1 saturated carbocycles. The van der Waals surface area contributed by atoms with E-state index in [0.717, 1.165) is 36.8 Å². The molecule has 2 aliphatic rings. The second-order valence-electron chi connectivity index (χ2n) is 6.50. The van der Waals surface area contributed by atoms with Gasteiger partial charge in [-0.1, -0.05) is 6.07 Å². The lowest BCUT2D eigenvalue weighted by atomic mass is 10.1. The standard InChI is InChI=1S/C17H21N5O/c23-17(19-9-14-2-1-6-18-8-14)16-12-21(10-13-3-4-13)11-15-5-7-20-22(15)16/h1-2,5-8,13,16H,3-4,9-12H2,(H,19,23)/t16-/m0/s1. The highest BCUT2D eigenvalue weighted by atomic mass is 16.2. The monoisotopic (exact) mass is 311 g/mol. The van der Waals surface area contributed by atoms with Gasteiger partial charge in [-0.2, -0.15) is 5.10 Å². The third-order valence-electron chi connectivity index (χ3n) is 4.57. The van der Waals surface area contributed by atoms with E-state index in [1.54, 1.807) is 18.6 Å². The molecular formula is C17H21N5O. The number of pyridine rings is 1. The highest BCUT2D eigenvalue weighted by Gasteiger charge is 2.33. The molecule has 6 nitrogen and oxygen atoms in total. The number of fused-ring (bicyclic) bond motifs is 1. The minimum Gasteiger partial charge on any atom is -0.350 e. The maximum Gasteiger partial charge on any atom is 0.246 e. The molecule has 1 atom stereocenters. The number of aromatic nitrogens is 3. The lowest BCUT2D eigenvalue weighted by molar-refractivity contribution is -0.126. The first-order valence-corrected chi connectivity index (χ1v) is 8.21. The second-order valence-corrected chi connectivity index (χ2v) is 6.50. The van der Waals surface area contributed by atoms with Gasteiger partial charge in [0.1, 0.15) is 6.04 Å². The predicted molar refractivity (Wildman–Crippen MR) is 85.3 cm³/mol. The molecule has 2 aromatic heterocycles. The van der Waals surface area contributed by atoms with E-state index >= 15 is 0 Å². The molecule has 4 rings (SSSR count). The summed E-state index contributed by atoms with van der Waals surface area (Å²) in [5, 5.41) is 7.38. The van der Waals surface area contributed by atoms with E-state index in [1.165, 1.54) is 12.8 Å². The van der Waals surface area contributed by atoms with Crippen molar-refractivity contribution in [1.82, 2.24) is 25.0 Å². The summed E-state index contributed by atoms with van der Waals surface area (Å²) >= 11 is 0. The Hall–Kier alpha value is -2.21. The number of carbonyl (C=O) groups is 1. The van der Waals surface area contributed by atoms with Gasteiger partial charge in [-0.25, -0.2) is 0 Å². The summed E-state index contributed by atoms with van der Waals surface area (Å²) in [6.07, 6.45) is 7.96. The van der Waals surface area contributed by atoms with Crippen molar-refractivity contribution in [2.24, 2.45) is 5.92 Å². The molecule has 0 unspecified atom stereocenters. The van der Waals surface area contributed by atoms with Gasteiger partial charge in [0.2, 0.25) is 5.91 Å². The maximum absolute atomic E-state index is 12.7. The fourth-order valence-corrected chi connectivity index (χ4v) is 3.17. The van der Waals surface area contributed by atoms with Crippen molar-refractivity contribution in [3.63, 3.8) is 0 Å². The first kappa shape index (κ1) is 14.4. The van der Waals surface area contributed by atoms with Gasteiger partial charge in [-0.15, -0.1) is 0 Å². The van der Waals surface area contributed by atoms with E-state index in [-0.39, 0.29) is 11.9 Å². The Balaban J connectivity index is 1.44. The molecule has 0 saturated heterocycles. The fraction of sp³-hybridized carbons (Fsp3) is 0.471. The van der Waals surface area contributed by atoms with Gasteiger partial charge in [0.15, 0.2) is 0 Å². The quantitative estimate of drug-likeness (QED) is 0.906. The van der Waals surface area contributed by atoms with Crippen LogP contribution >= 0.6 is 0 Å². The molecule has 0 bridgehead atoms. The van der Waals surface area contributed by atoms with E-state index in [4.69, 9.17) is 0 Å². The van der Waals surface area contributed by atoms with Crippen molar-refractivity contribution in [3.8, 4) is 0 Å². The van der Waals surface area contributed by atoms with Gasteiger partial charge < -0.3 is 5.32 Å². The molecule has 1 amide bonds. The molecule has 0 spiro atoms. The van der Waals surface area contributed by atoms with Crippen LogP contribution in [0.15, 0.2) is 36.8 Å². The molecule has 6 heteroatoms. The molecular weight excluding hydrogens is 290 g/mol. The van der Waals surface area contributed by atoms with Gasteiger partial charge >= 0.3 is 0 Å². The molecule has 1 aliphatic heterocycles. The molecule has 1 aliphatic carbocycles. The molecule has 2 aromatic rings. The van der Waals surface area contributed by atoms with E-state index in [1.807, 2.05) is 22.9 Å². The van der Waals surface area contributed by atoms with Gasteiger partial charge in [0.25, 0.3) is 0 Å². The fourth-order valence-electron chi connectivity index (χ4n) is 3.17.